The smallest absolute Gasteiger partial charge is 0.249 e. The van der Waals surface area contributed by atoms with Crippen molar-refractivity contribution in [1.29, 1.82) is 0 Å². The Balaban J connectivity index is 1.24. The van der Waals surface area contributed by atoms with Crippen LogP contribution < -0.4 is 9.47 Å². The van der Waals surface area contributed by atoms with E-state index < -0.39 is 0 Å². The van der Waals surface area contributed by atoms with Gasteiger partial charge in [0.2, 0.25) is 18.6 Å². The number of carbonyl (C=O) groups is 2. The lowest BCUT2D eigenvalue weighted by atomic mass is 10.2. The molecule has 218 valence electrons. The molecule has 3 heterocycles. The van der Waals surface area contributed by atoms with Crippen LogP contribution in [0.5, 0.6) is 11.5 Å². The topological polar surface area (TPSA) is 93.9 Å². The van der Waals surface area contributed by atoms with Crippen molar-refractivity contribution in [2.24, 2.45) is 0 Å². The lowest BCUT2D eigenvalue weighted by Gasteiger charge is -2.29. The normalized spacial score (nSPS) is 14.6. The fourth-order valence-electron chi connectivity index (χ4n) is 4.87. The van der Waals surface area contributed by atoms with Crippen LogP contribution in [-0.2, 0) is 38.8 Å². The van der Waals surface area contributed by atoms with E-state index in [2.05, 4.69) is 4.90 Å². The molecule has 0 aliphatic carbocycles. The second-order valence-corrected chi connectivity index (χ2v) is 10.1. The highest BCUT2D eigenvalue weighted by Crippen LogP contribution is 2.33. The summed E-state index contributed by atoms with van der Waals surface area (Å²) in [5, 5.41) is 0. The summed E-state index contributed by atoms with van der Waals surface area (Å²) in [4.78, 5) is 32.7. The fraction of sp³-hybridized carbons (Fsp3) is 0.419. The summed E-state index contributed by atoms with van der Waals surface area (Å²) < 4.78 is 27.7. The first-order valence-corrected chi connectivity index (χ1v) is 14.0. The summed E-state index contributed by atoms with van der Waals surface area (Å²) in [5.74, 6) is 1.61. The maximum Gasteiger partial charge on any atom is 0.249 e. The zero-order valence-corrected chi connectivity index (χ0v) is 23.2. The maximum absolute atomic E-state index is 13.7. The average molecular weight is 564 g/mol. The van der Waals surface area contributed by atoms with Crippen LogP contribution >= 0.6 is 0 Å². The van der Waals surface area contributed by atoms with E-state index in [4.69, 9.17) is 23.4 Å². The third kappa shape index (κ3) is 8.56. The number of fused-ring (bicyclic) bond motifs is 1. The maximum atomic E-state index is 13.7. The van der Waals surface area contributed by atoms with E-state index >= 15 is 0 Å². The van der Waals surface area contributed by atoms with E-state index in [1.807, 2.05) is 54.6 Å². The van der Waals surface area contributed by atoms with Gasteiger partial charge in [0.05, 0.1) is 39.2 Å². The van der Waals surface area contributed by atoms with E-state index in [-0.39, 0.29) is 38.3 Å². The molecule has 1 saturated heterocycles. The van der Waals surface area contributed by atoms with Crippen molar-refractivity contribution < 1.29 is 33.0 Å². The van der Waals surface area contributed by atoms with Gasteiger partial charge in [-0.3, -0.25) is 14.5 Å². The minimum atomic E-state index is -0.211. The van der Waals surface area contributed by atoms with E-state index in [1.165, 1.54) is 0 Å². The molecule has 2 amide bonds. The first-order chi connectivity index (χ1) is 20.1. The molecular weight excluding hydrogens is 526 g/mol. The van der Waals surface area contributed by atoms with Crippen LogP contribution in [0, 0.1) is 0 Å². The SMILES string of the molecule is O=C(COCc1ccccc1)N(CCCN1CCOCC1)CC(=O)N(Cc1ccc2c(c1)OCO2)Cc1ccco1. The number of hydrogen-bond acceptors (Lipinski definition) is 8. The fourth-order valence-corrected chi connectivity index (χ4v) is 4.87. The van der Waals surface area contributed by atoms with Crippen LogP contribution in [0.1, 0.15) is 23.3 Å². The molecule has 0 spiro atoms. The summed E-state index contributed by atoms with van der Waals surface area (Å²) in [6.45, 7) is 5.44. The van der Waals surface area contributed by atoms with Crippen molar-refractivity contribution in [3.05, 3.63) is 83.8 Å². The molecule has 2 aliphatic rings. The molecule has 1 fully saturated rings. The standard InChI is InChI=1S/C31H37N3O7/c35-30(34(20-27-8-4-15-39-27)19-26-9-10-28-29(18-26)41-24-40-28)21-33(12-5-11-32-13-16-37-17-14-32)31(36)23-38-22-25-6-2-1-3-7-25/h1-4,6-10,15,18H,5,11-14,16-17,19-24H2. The van der Waals surface area contributed by atoms with E-state index in [1.54, 1.807) is 22.1 Å². The molecule has 0 atom stereocenters. The lowest BCUT2D eigenvalue weighted by Crippen LogP contribution is -2.45. The highest BCUT2D eigenvalue weighted by atomic mass is 16.7. The van der Waals surface area contributed by atoms with Gasteiger partial charge in [0, 0.05) is 32.7 Å². The number of ether oxygens (including phenoxy) is 4. The Labute approximate surface area is 240 Å². The molecule has 0 bridgehead atoms. The Kier molecular flexibility index (Phi) is 10.3. The van der Waals surface area contributed by atoms with E-state index in [0.717, 1.165) is 50.4 Å². The van der Waals surface area contributed by atoms with Crippen molar-refractivity contribution >= 4 is 11.8 Å². The van der Waals surface area contributed by atoms with Gasteiger partial charge in [-0.1, -0.05) is 36.4 Å². The third-order valence-corrected chi connectivity index (χ3v) is 7.11. The minimum absolute atomic E-state index is 0.0537. The van der Waals surface area contributed by atoms with Crippen LogP contribution in [0.15, 0.2) is 71.3 Å². The van der Waals surface area contributed by atoms with E-state index in [0.29, 0.717) is 37.0 Å². The van der Waals surface area contributed by atoms with Crippen LogP contribution in [0.25, 0.3) is 0 Å². The third-order valence-electron chi connectivity index (χ3n) is 7.11. The molecule has 0 radical (unpaired) electrons. The zero-order chi connectivity index (χ0) is 28.3. The van der Waals surface area contributed by atoms with E-state index in [9.17, 15) is 9.59 Å². The highest BCUT2D eigenvalue weighted by molar-refractivity contribution is 5.85. The molecule has 3 aromatic rings. The van der Waals surface area contributed by atoms with Gasteiger partial charge in [0.1, 0.15) is 12.4 Å². The van der Waals surface area contributed by atoms with Crippen LogP contribution in [0.3, 0.4) is 0 Å². The summed E-state index contributed by atoms with van der Waals surface area (Å²) >= 11 is 0. The quantitative estimate of drug-likeness (QED) is 0.295. The van der Waals surface area contributed by atoms with Gasteiger partial charge < -0.3 is 33.2 Å². The van der Waals surface area contributed by atoms with Gasteiger partial charge in [-0.05, 0) is 41.8 Å². The molecule has 0 N–H and O–H groups in total. The van der Waals surface area contributed by atoms with Crippen LogP contribution in [-0.4, -0.2) is 85.9 Å². The minimum Gasteiger partial charge on any atom is -0.467 e. The number of benzene rings is 2. The van der Waals surface area contributed by atoms with Crippen molar-refractivity contribution in [3.63, 3.8) is 0 Å². The van der Waals surface area contributed by atoms with Gasteiger partial charge >= 0.3 is 0 Å². The predicted octanol–water partition coefficient (Wildman–Crippen LogP) is 3.30. The number of morpholine rings is 1. The van der Waals surface area contributed by atoms with Gasteiger partial charge in [-0.15, -0.1) is 0 Å². The summed E-state index contributed by atoms with van der Waals surface area (Å²) in [7, 11) is 0. The number of amides is 2. The number of furan rings is 1. The molecule has 2 aromatic carbocycles. The lowest BCUT2D eigenvalue weighted by molar-refractivity contribution is -0.144. The molecule has 1 aromatic heterocycles. The molecule has 10 nitrogen and oxygen atoms in total. The second kappa shape index (κ2) is 14.7. The molecule has 41 heavy (non-hydrogen) atoms. The largest absolute Gasteiger partial charge is 0.467 e. The van der Waals surface area contributed by atoms with Crippen molar-refractivity contribution in [1.82, 2.24) is 14.7 Å². The Hall–Kier alpha value is -3.86. The molecule has 2 aliphatic heterocycles. The summed E-state index contributed by atoms with van der Waals surface area (Å²) in [6, 6.07) is 19.0. The Morgan fingerprint density at radius 1 is 0.854 bits per heavy atom. The van der Waals surface area contributed by atoms with Crippen molar-refractivity contribution in [2.75, 3.05) is 59.3 Å². The number of carbonyl (C=O) groups excluding carboxylic acids is 2. The van der Waals surface area contributed by atoms with Gasteiger partial charge in [-0.2, -0.15) is 0 Å². The molecule has 0 saturated carbocycles. The Morgan fingerprint density at radius 2 is 1.68 bits per heavy atom. The number of nitrogens with zero attached hydrogens (tertiary/aromatic N) is 3. The van der Waals surface area contributed by atoms with Gasteiger partial charge in [0.25, 0.3) is 0 Å². The van der Waals surface area contributed by atoms with Gasteiger partial charge in [0.15, 0.2) is 11.5 Å². The summed E-state index contributed by atoms with van der Waals surface area (Å²) in [5.41, 5.74) is 1.88. The first kappa shape index (κ1) is 28.7. The van der Waals surface area contributed by atoms with Gasteiger partial charge in [-0.25, -0.2) is 0 Å². The average Bonchev–Trinajstić information content (AvgIpc) is 3.69. The molecular formula is C31H37N3O7. The second-order valence-electron chi connectivity index (χ2n) is 10.1. The monoisotopic (exact) mass is 563 g/mol. The first-order valence-electron chi connectivity index (χ1n) is 14.0. The Bertz CT molecular complexity index is 1250. The zero-order valence-electron chi connectivity index (χ0n) is 23.2. The summed E-state index contributed by atoms with van der Waals surface area (Å²) in [6.07, 6.45) is 2.34. The molecule has 10 heteroatoms. The Morgan fingerprint density at radius 3 is 2.49 bits per heavy atom. The predicted molar refractivity (Wildman–Crippen MR) is 150 cm³/mol. The number of rotatable bonds is 14. The van der Waals surface area contributed by atoms with Crippen LogP contribution in [0.2, 0.25) is 0 Å². The van der Waals surface area contributed by atoms with Crippen molar-refractivity contribution in [3.8, 4) is 11.5 Å². The molecule has 5 rings (SSSR count). The van der Waals surface area contributed by atoms with Crippen LogP contribution in [0.4, 0.5) is 0 Å². The molecule has 0 unspecified atom stereocenters. The highest BCUT2D eigenvalue weighted by Gasteiger charge is 2.24. The van der Waals surface area contributed by atoms with Crippen molar-refractivity contribution in [2.45, 2.75) is 26.1 Å². The number of hydrogen-bond donors (Lipinski definition) is 0.